The van der Waals surface area contributed by atoms with Crippen molar-refractivity contribution in [3.8, 4) is 0 Å². The van der Waals surface area contributed by atoms with Crippen molar-refractivity contribution < 1.29 is 9.59 Å². The van der Waals surface area contributed by atoms with E-state index in [1.807, 2.05) is 28.7 Å². The molecule has 3 amide bonds. The van der Waals surface area contributed by atoms with E-state index >= 15 is 0 Å². The van der Waals surface area contributed by atoms with E-state index in [2.05, 4.69) is 34.6 Å². The van der Waals surface area contributed by atoms with Crippen LogP contribution >= 0.6 is 11.3 Å². The molecule has 1 saturated carbocycles. The standard InChI is InChI=1S/C21H24N6O2S/c1-13(2)14-5-15(9-22-8-14)24-20(29)25-16-6-21(7-16)11-26(12-21)18(28)17-10-23-27-3-4-30-19(17)27/h3-5,8-10,13,16H,6-7,11-12H2,1-2H3,(H2,24,25,29). The van der Waals surface area contributed by atoms with Crippen LogP contribution in [0.3, 0.4) is 0 Å². The smallest absolute Gasteiger partial charge is 0.319 e. The number of fused-ring (bicyclic) bond motifs is 1. The third-order valence-electron chi connectivity index (χ3n) is 6.08. The fourth-order valence-electron chi connectivity index (χ4n) is 4.49. The highest BCUT2D eigenvalue weighted by Crippen LogP contribution is 2.48. The summed E-state index contributed by atoms with van der Waals surface area (Å²) in [5.74, 6) is 0.404. The summed E-state index contributed by atoms with van der Waals surface area (Å²) in [6, 6.07) is 1.89. The number of hydrogen-bond acceptors (Lipinski definition) is 5. The van der Waals surface area contributed by atoms with Crippen molar-refractivity contribution in [1.82, 2.24) is 24.8 Å². The van der Waals surface area contributed by atoms with E-state index in [-0.39, 0.29) is 23.4 Å². The Hall–Kier alpha value is -2.94. The predicted molar refractivity (Wildman–Crippen MR) is 115 cm³/mol. The van der Waals surface area contributed by atoms with Crippen LogP contribution < -0.4 is 10.6 Å². The number of nitrogens with one attached hydrogen (secondary N) is 2. The van der Waals surface area contributed by atoms with Crippen LogP contribution in [0.1, 0.15) is 48.5 Å². The molecule has 1 aliphatic carbocycles. The van der Waals surface area contributed by atoms with Gasteiger partial charge < -0.3 is 15.5 Å². The molecule has 2 fully saturated rings. The molecule has 5 rings (SSSR count). The number of rotatable bonds is 4. The Morgan fingerprint density at radius 1 is 1.23 bits per heavy atom. The van der Waals surface area contributed by atoms with E-state index in [9.17, 15) is 9.59 Å². The van der Waals surface area contributed by atoms with Crippen LogP contribution in [0.5, 0.6) is 0 Å². The van der Waals surface area contributed by atoms with E-state index in [0.29, 0.717) is 17.2 Å². The van der Waals surface area contributed by atoms with Gasteiger partial charge >= 0.3 is 6.03 Å². The second kappa shape index (κ2) is 7.09. The molecular weight excluding hydrogens is 400 g/mol. The first-order valence-electron chi connectivity index (χ1n) is 10.2. The quantitative estimate of drug-likeness (QED) is 0.672. The van der Waals surface area contributed by atoms with Crippen LogP contribution in [0.2, 0.25) is 0 Å². The molecule has 156 valence electrons. The minimum Gasteiger partial charge on any atom is -0.337 e. The molecule has 30 heavy (non-hydrogen) atoms. The van der Waals surface area contributed by atoms with Gasteiger partial charge in [0.25, 0.3) is 5.91 Å². The zero-order chi connectivity index (χ0) is 20.9. The van der Waals surface area contributed by atoms with Gasteiger partial charge in [-0.25, -0.2) is 9.31 Å². The Balaban J connectivity index is 1.11. The van der Waals surface area contributed by atoms with Gasteiger partial charge in [-0.3, -0.25) is 9.78 Å². The number of urea groups is 1. The number of likely N-dealkylation sites (tertiary alicyclic amines) is 1. The van der Waals surface area contributed by atoms with Gasteiger partial charge in [-0.05, 0) is 30.4 Å². The number of anilines is 1. The highest BCUT2D eigenvalue weighted by Gasteiger charge is 2.54. The maximum absolute atomic E-state index is 12.8. The molecule has 1 aliphatic heterocycles. The monoisotopic (exact) mass is 424 g/mol. The van der Waals surface area contributed by atoms with Gasteiger partial charge in [0.1, 0.15) is 4.83 Å². The number of hydrogen-bond donors (Lipinski definition) is 2. The lowest BCUT2D eigenvalue weighted by molar-refractivity contribution is -0.0581. The molecule has 2 aliphatic rings. The lowest BCUT2D eigenvalue weighted by atomic mass is 9.60. The molecule has 0 bridgehead atoms. The van der Waals surface area contributed by atoms with Crippen LogP contribution in [0, 0.1) is 5.41 Å². The summed E-state index contributed by atoms with van der Waals surface area (Å²) < 4.78 is 1.74. The molecule has 1 spiro atoms. The first-order valence-corrected chi connectivity index (χ1v) is 11.0. The van der Waals surface area contributed by atoms with Gasteiger partial charge in [0.15, 0.2) is 0 Å². The Kier molecular flexibility index (Phi) is 4.50. The van der Waals surface area contributed by atoms with Crippen molar-refractivity contribution in [2.24, 2.45) is 5.41 Å². The zero-order valence-corrected chi connectivity index (χ0v) is 17.8. The summed E-state index contributed by atoms with van der Waals surface area (Å²) in [6.07, 6.45) is 8.79. The van der Waals surface area contributed by atoms with Crippen molar-refractivity contribution in [3.05, 3.63) is 47.4 Å². The van der Waals surface area contributed by atoms with Gasteiger partial charge in [-0.15, -0.1) is 11.3 Å². The molecule has 2 N–H and O–H groups in total. The first kappa shape index (κ1) is 19.0. The highest BCUT2D eigenvalue weighted by molar-refractivity contribution is 7.15. The second-order valence-corrected chi connectivity index (χ2v) is 9.63. The molecule has 0 atom stereocenters. The van der Waals surface area contributed by atoms with Gasteiger partial charge in [0.2, 0.25) is 0 Å². The molecule has 1 saturated heterocycles. The van der Waals surface area contributed by atoms with Crippen LogP contribution in [-0.4, -0.2) is 50.6 Å². The van der Waals surface area contributed by atoms with E-state index in [4.69, 9.17) is 0 Å². The Bertz CT molecular complexity index is 1110. The summed E-state index contributed by atoms with van der Waals surface area (Å²) in [5, 5.41) is 12.1. The molecule has 0 unspecified atom stereocenters. The Morgan fingerprint density at radius 2 is 2.03 bits per heavy atom. The average Bonchev–Trinajstić information content (AvgIpc) is 3.25. The first-order chi connectivity index (χ1) is 14.4. The van der Waals surface area contributed by atoms with Crippen molar-refractivity contribution in [2.75, 3.05) is 18.4 Å². The highest BCUT2D eigenvalue weighted by atomic mass is 32.1. The largest absolute Gasteiger partial charge is 0.337 e. The SMILES string of the molecule is CC(C)c1cncc(NC(=O)NC2CC3(C2)CN(C(=O)c2cnn4ccsc24)C3)c1. The van der Waals surface area contributed by atoms with Gasteiger partial charge in [0, 0.05) is 42.3 Å². The number of thiazole rings is 1. The Labute approximate surface area is 178 Å². The summed E-state index contributed by atoms with van der Waals surface area (Å²) in [4.78, 5) is 32.0. The average molecular weight is 425 g/mol. The van der Waals surface area contributed by atoms with Crippen molar-refractivity contribution in [3.63, 3.8) is 0 Å². The number of nitrogens with zero attached hydrogens (tertiary/aromatic N) is 4. The van der Waals surface area contributed by atoms with E-state index < -0.39 is 0 Å². The van der Waals surface area contributed by atoms with E-state index in [1.165, 1.54) is 11.3 Å². The topological polar surface area (TPSA) is 91.6 Å². The maximum atomic E-state index is 12.8. The van der Waals surface area contributed by atoms with Crippen molar-refractivity contribution in [2.45, 2.75) is 38.6 Å². The molecule has 3 aromatic heterocycles. The van der Waals surface area contributed by atoms with E-state index in [1.54, 1.807) is 16.9 Å². The van der Waals surface area contributed by atoms with Crippen molar-refractivity contribution >= 4 is 33.8 Å². The third kappa shape index (κ3) is 3.32. The summed E-state index contributed by atoms with van der Waals surface area (Å²) in [6.45, 7) is 5.68. The molecule has 4 heterocycles. The summed E-state index contributed by atoms with van der Waals surface area (Å²) >= 11 is 1.52. The lowest BCUT2D eigenvalue weighted by Crippen LogP contribution is -2.67. The van der Waals surface area contributed by atoms with Crippen LogP contribution in [0.15, 0.2) is 36.2 Å². The minimum absolute atomic E-state index is 0.0461. The minimum atomic E-state index is -0.204. The molecule has 3 aromatic rings. The second-order valence-electron chi connectivity index (χ2n) is 8.74. The van der Waals surface area contributed by atoms with Gasteiger partial charge in [-0.2, -0.15) is 5.10 Å². The Morgan fingerprint density at radius 3 is 2.80 bits per heavy atom. The summed E-state index contributed by atoms with van der Waals surface area (Å²) in [5.41, 5.74) is 2.61. The molecule has 0 aromatic carbocycles. The van der Waals surface area contributed by atoms with E-state index in [0.717, 1.165) is 36.3 Å². The molecule has 0 radical (unpaired) electrons. The fraction of sp³-hybridized carbons (Fsp3) is 0.429. The normalized spacial score (nSPS) is 17.8. The third-order valence-corrected chi connectivity index (χ3v) is 6.97. The zero-order valence-electron chi connectivity index (χ0n) is 17.0. The van der Waals surface area contributed by atoms with Gasteiger partial charge in [0.05, 0.1) is 23.6 Å². The number of carbonyl (C=O) groups excluding carboxylic acids is 2. The van der Waals surface area contributed by atoms with Crippen LogP contribution in [0.4, 0.5) is 10.5 Å². The van der Waals surface area contributed by atoms with Crippen molar-refractivity contribution in [1.29, 1.82) is 0 Å². The fourth-order valence-corrected chi connectivity index (χ4v) is 5.28. The molecular formula is C21H24N6O2S. The number of carbonyl (C=O) groups is 2. The number of pyridine rings is 1. The molecule has 8 nitrogen and oxygen atoms in total. The molecule has 9 heteroatoms. The number of amides is 3. The lowest BCUT2D eigenvalue weighted by Gasteiger charge is -2.58. The van der Waals surface area contributed by atoms with Crippen LogP contribution in [-0.2, 0) is 0 Å². The van der Waals surface area contributed by atoms with Gasteiger partial charge in [-0.1, -0.05) is 13.8 Å². The summed E-state index contributed by atoms with van der Waals surface area (Å²) in [7, 11) is 0. The maximum Gasteiger partial charge on any atom is 0.319 e. The van der Waals surface area contributed by atoms with Crippen LogP contribution in [0.25, 0.3) is 4.83 Å². The predicted octanol–water partition coefficient (Wildman–Crippen LogP) is 3.34. The number of aromatic nitrogens is 3.